The predicted molar refractivity (Wildman–Crippen MR) is 82.0 cm³/mol. The van der Waals surface area contributed by atoms with Gasteiger partial charge in [-0.15, -0.1) is 0 Å². The van der Waals surface area contributed by atoms with E-state index in [0.717, 1.165) is 48.1 Å². The number of benzene rings is 1. The minimum Gasteiger partial charge on any atom is -0.388 e. The van der Waals surface area contributed by atoms with E-state index in [9.17, 15) is 9.90 Å². The Bertz CT molecular complexity index is 520. The molecular formula is C17H25NO2. The van der Waals surface area contributed by atoms with Gasteiger partial charge in [0, 0.05) is 5.69 Å². The number of aryl methyl sites for hydroxylation is 1. The zero-order valence-corrected chi connectivity index (χ0v) is 12.9. The van der Waals surface area contributed by atoms with Crippen LogP contribution < -0.4 is 5.32 Å². The monoisotopic (exact) mass is 275 g/mol. The van der Waals surface area contributed by atoms with Gasteiger partial charge in [-0.2, -0.15) is 0 Å². The van der Waals surface area contributed by atoms with Crippen LogP contribution in [0.4, 0.5) is 5.69 Å². The van der Waals surface area contributed by atoms with Gasteiger partial charge in [0.15, 0.2) is 0 Å². The highest BCUT2D eigenvalue weighted by Gasteiger charge is 2.39. The van der Waals surface area contributed by atoms with E-state index in [1.165, 1.54) is 0 Å². The Morgan fingerprint density at radius 1 is 1.30 bits per heavy atom. The summed E-state index contributed by atoms with van der Waals surface area (Å²) in [6, 6.07) is 4.05. The third-order valence-corrected chi connectivity index (χ3v) is 4.32. The molecule has 1 amide bonds. The van der Waals surface area contributed by atoms with E-state index in [4.69, 9.17) is 0 Å². The fraction of sp³-hybridized carbons (Fsp3) is 0.588. The summed E-state index contributed by atoms with van der Waals surface area (Å²) in [5, 5.41) is 13.3. The molecule has 0 bridgehead atoms. The molecule has 3 heteroatoms. The number of fused-ring (bicyclic) bond motifs is 1. The van der Waals surface area contributed by atoms with E-state index < -0.39 is 11.5 Å². The van der Waals surface area contributed by atoms with Gasteiger partial charge in [-0.25, -0.2) is 0 Å². The van der Waals surface area contributed by atoms with Crippen LogP contribution in [0.1, 0.15) is 69.8 Å². The van der Waals surface area contributed by atoms with E-state index >= 15 is 0 Å². The van der Waals surface area contributed by atoms with Gasteiger partial charge in [-0.05, 0) is 43.4 Å². The minimum absolute atomic E-state index is 0.0439. The summed E-state index contributed by atoms with van der Waals surface area (Å²) >= 11 is 0. The van der Waals surface area contributed by atoms with E-state index in [0.29, 0.717) is 0 Å². The Morgan fingerprint density at radius 2 is 2.00 bits per heavy atom. The molecule has 0 saturated carbocycles. The number of anilines is 1. The Kier molecular flexibility index (Phi) is 4.19. The molecule has 1 aromatic carbocycles. The highest BCUT2D eigenvalue weighted by Crippen LogP contribution is 2.41. The molecule has 0 aromatic heterocycles. The first kappa shape index (κ1) is 15.0. The molecule has 0 radical (unpaired) electrons. The molecule has 20 heavy (non-hydrogen) atoms. The Labute approximate surface area is 121 Å². The van der Waals surface area contributed by atoms with Crippen molar-refractivity contribution < 1.29 is 9.90 Å². The van der Waals surface area contributed by atoms with Crippen molar-refractivity contribution in [2.75, 3.05) is 5.32 Å². The third kappa shape index (κ3) is 2.47. The molecule has 0 fully saturated rings. The molecule has 1 unspecified atom stereocenters. The first-order chi connectivity index (χ1) is 9.41. The van der Waals surface area contributed by atoms with E-state index in [1.807, 2.05) is 26.0 Å². The van der Waals surface area contributed by atoms with Crippen LogP contribution in [0.25, 0.3) is 0 Å². The number of carbonyl (C=O) groups is 1. The number of aliphatic hydroxyl groups is 1. The summed E-state index contributed by atoms with van der Waals surface area (Å²) in [6.45, 7) is 8.08. The van der Waals surface area contributed by atoms with Gasteiger partial charge < -0.3 is 10.4 Å². The van der Waals surface area contributed by atoms with Crippen molar-refractivity contribution in [2.45, 2.75) is 64.9 Å². The van der Waals surface area contributed by atoms with Crippen molar-refractivity contribution in [1.82, 2.24) is 0 Å². The van der Waals surface area contributed by atoms with Gasteiger partial charge in [0.25, 0.3) is 0 Å². The molecule has 1 aliphatic heterocycles. The largest absolute Gasteiger partial charge is 0.388 e. The van der Waals surface area contributed by atoms with Crippen molar-refractivity contribution in [3.8, 4) is 0 Å². The average Bonchev–Trinajstić information content (AvgIpc) is 2.66. The normalized spacial score (nSPS) is 17.8. The molecule has 3 nitrogen and oxygen atoms in total. The Hall–Kier alpha value is -1.35. The average molecular weight is 275 g/mol. The van der Waals surface area contributed by atoms with Crippen molar-refractivity contribution in [1.29, 1.82) is 0 Å². The zero-order valence-electron chi connectivity index (χ0n) is 12.9. The number of amides is 1. The third-order valence-electron chi connectivity index (χ3n) is 4.32. The highest BCUT2D eigenvalue weighted by atomic mass is 16.3. The standard InChI is InChI=1S/C17H25NO2/c1-5-7-8-14(19)12-9-11(6-2)15-13(10-12)17(3,4)16(20)18-15/h9-10,14,19H,5-8H2,1-4H3,(H,18,20). The number of rotatable bonds is 5. The second-order valence-electron chi connectivity index (χ2n) is 6.19. The van der Waals surface area contributed by atoms with Gasteiger partial charge in [-0.3, -0.25) is 4.79 Å². The lowest BCUT2D eigenvalue weighted by Crippen LogP contribution is -2.26. The van der Waals surface area contributed by atoms with Crippen molar-refractivity contribution in [3.05, 3.63) is 28.8 Å². The molecule has 0 saturated heterocycles. The fourth-order valence-electron chi connectivity index (χ4n) is 2.79. The fourth-order valence-corrected chi connectivity index (χ4v) is 2.79. The maximum Gasteiger partial charge on any atom is 0.234 e. The SMILES string of the molecule is CCCCC(O)c1cc(CC)c2c(c1)C(C)(C)C(=O)N2. The maximum atomic E-state index is 12.1. The molecule has 0 spiro atoms. The van der Waals surface area contributed by atoms with Crippen LogP contribution in [0.5, 0.6) is 0 Å². The van der Waals surface area contributed by atoms with Gasteiger partial charge in [-0.1, -0.05) is 38.8 Å². The predicted octanol–water partition coefficient (Wildman–Crippen LogP) is 3.70. The number of aliphatic hydroxyl groups excluding tert-OH is 1. The van der Waals surface area contributed by atoms with Crippen LogP contribution >= 0.6 is 0 Å². The van der Waals surface area contributed by atoms with Gasteiger partial charge in [0.1, 0.15) is 0 Å². The zero-order chi connectivity index (χ0) is 14.9. The number of hydrogen-bond acceptors (Lipinski definition) is 2. The molecule has 1 aromatic rings. The minimum atomic E-state index is -0.514. The van der Waals surface area contributed by atoms with Crippen LogP contribution in [0, 0.1) is 0 Å². The summed E-state index contributed by atoms with van der Waals surface area (Å²) in [4.78, 5) is 12.1. The summed E-state index contributed by atoms with van der Waals surface area (Å²) in [5.74, 6) is 0.0439. The second kappa shape index (κ2) is 5.57. The molecule has 2 N–H and O–H groups in total. The van der Waals surface area contributed by atoms with Gasteiger partial charge in [0.05, 0.1) is 11.5 Å². The molecule has 1 atom stereocenters. The van der Waals surface area contributed by atoms with Gasteiger partial charge in [0.2, 0.25) is 5.91 Å². The summed E-state index contributed by atoms with van der Waals surface area (Å²) in [7, 11) is 0. The first-order valence-corrected chi connectivity index (χ1v) is 7.58. The van der Waals surface area contributed by atoms with Crippen molar-refractivity contribution in [2.24, 2.45) is 0 Å². The molecule has 0 aliphatic carbocycles. The number of hydrogen-bond donors (Lipinski definition) is 2. The first-order valence-electron chi connectivity index (χ1n) is 7.58. The lowest BCUT2D eigenvalue weighted by molar-refractivity contribution is -0.119. The molecule has 110 valence electrons. The lowest BCUT2D eigenvalue weighted by atomic mass is 9.83. The lowest BCUT2D eigenvalue weighted by Gasteiger charge is -2.19. The smallest absolute Gasteiger partial charge is 0.234 e. The van der Waals surface area contributed by atoms with Crippen LogP contribution in [-0.4, -0.2) is 11.0 Å². The van der Waals surface area contributed by atoms with Crippen LogP contribution in [0.2, 0.25) is 0 Å². The van der Waals surface area contributed by atoms with E-state index in [2.05, 4.69) is 19.2 Å². The topological polar surface area (TPSA) is 49.3 Å². The van der Waals surface area contributed by atoms with Gasteiger partial charge >= 0.3 is 0 Å². The Balaban J connectivity index is 2.44. The summed E-state index contributed by atoms with van der Waals surface area (Å²) in [6.07, 6.45) is 3.29. The molecule has 2 rings (SSSR count). The number of carbonyl (C=O) groups excluding carboxylic acids is 1. The second-order valence-corrected chi connectivity index (χ2v) is 6.19. The summed E-state index contributed by atoms with van der Waals surface area (Å²) in [5.41, 5.74) is 3.52. The molecule has 1 heterocycles. The molecular weight excluding hydrogens is 250 g/mol. The molecule has 1 aliphatic rings. The van der Waals surface area contributed by atoms with Crippen LogP contribution in [0.15, 0.2) is 12.1 Å². The van der Waals surface area contributed by atoms with Crippen LogP contribution in [-0.2, 0) is 16.6 Å². The van der Waals surface area contributed by atoms with Crippen LogP contribution in [0.3, 0.4) is 0 Å². The van der Waals surface area contributed by atoms with E-state index in [-0.39, 0.29) is 5.91 Å². The summed E-state index contributed by atoms with van der Waals surface area (Å²) < 4.78 is 0. The number of unbranched alkanes of at least 4 members (excludes halogenated alkanes) is 1. The van der Waals surface area contributed by atoms with Crippen molar-refractivity contribution >= 4 is 11.6 Å². The number of nitrogens with one attached hydrogen (secondary N) is 1. The quantitative estimate of drug-likeness (QED) is 0.860. The Morgan fingerprint density at radius 3 is 2.60 bits per heavy atom. The maximum absolute atomic E-state index is 12.1. The van der Waals surface area contributed by atoms with E-state index in [1.54, 1.807) is 0 Å². The highest BCUT2D eigenvalue weighted by molar-refractivity contribution is 6.06. The van der Waals surface area contributed by atoms with Crippen molar-refractivity contribution in [3.63, 3.8) is 0 Å².